The van der Waals surface area contributed by atoms with Crippen LogP contribution in [0.15, 0.2) is 18.6 Å². The first-order chi connectivity index (χ1) is 8.33. The summed E-state index contributed by atoms with van der Waals surface area (Å²) >= 11 is 0. The number of aromatic nitrogens is 2. The van der Waals surface area contributed by atoms with Gasteiger partial charge < -0.3 is 5.73 Å². The summed E-state index contributed by atoms with van der Waals surface area (Å²) in [5, 5.41) is 0. The first-order valence-electron chi connectivity index (χ1n) is 6.56. The van der Waals surface area contributed by atoms with E-state index in [-0.39, 0.29) is 0 Å². The zero-order chi connectivity index (χ0) is 11.7. The molecule has 3 rings (SSSR count). The van der Waals surface area contributed by atoms with Crippen molar-refractivity contribution in [3.63, 3.8) is 0 Å². The Morgan fingerprint density at radius 1 is 1.35 bits per heavy atom. The second-order valence-corrected chi connectivity index (χ2v) is 5.41. The lowest BCUT2D eigenvalue weighted by molar-refractivity contribution is 0.259. The Morgan fingerprint density at radius 2 is 2.29 bits per heavy atom. The molecule has 0 bridgehead atoms. The molecule has 92 valence electrons. The summed E-state index contributed by atoms with van der Waals surface area (Å²) < 4.78 is 0. The lowest BCUT2D eigenvalue weighted by atomic mass is 9.78. The van der Waals surface area contributed by atoms with E-state index in [9.17, 15) is 0 Å². The predicted octanol–water partition coefficient (Wildman–Crippen LogP) is 1.04. The van der Waals surface area contributed by atoms with Gasteiger partial charge in [0.1, 0.15) is 6.33 Å². The third-order valence-electron chi connectivity index (χ3n) is 4.26. The Kier molecular flexibility index (Phi) is 3.07. The van der Waals surface area contributed by atoms with E-state index in [1.165, 1.54) is 25.8 Å². The summed E-state index contributed by atoms with van der Waals surface area (Å²) in [7, 11) is 0. The average Bonchev–Trinajstić information content (AvgIpc) is 2.74. The van der Waals surface area contributed by atoms with Gasteiger partial charge in [-0.25, -0.2) is 9.97 Å². The lowest BCUT2D eigenvalue weighted by Crippen LogP contribution is -2.38. The highest BCUT2D eigenvalue weighted by Gasteiger charge is 2.38. The van der Waals surface area contributed by atoms with E-state index in [1.54, 1.807) is 6.33 Å². The SMILES string of the molecule is NC1CCCC2CN(Cc3ccncn3)CC12. The minimum absolute atomic E-state index is 0.421. The first kappa shape index (κ1) is 11.1. The van der Waals surface area contributed by atoms with Crippen molar-refractivity contribution < 1.29 is 0 Å². The Balaban J connectivity index is 1.64. The second kappa shape index (κ2) is 4.70. The number of hydrogen-bond donors (Lipinski definition) is 1. The van der Waals surface area contributed by atoms with Gasteiger partial charge in [-0.15, -0.1) is 0 Å². The highest BCUT2D eigenvalue weighted by Crippen LogP contribution is 2.35. The molecule has 0 amide bonds. The highest BCUT2D eigenvalue weighted by atomic mass is 15.2. The molecule has 1 aliphatic heterocycles. The van der Waals surface area contributed by atoms with Gasteiger partial charge in [0.2, 0.25) is 0 Å². The monoisotopic (exact) mass is 232 g/mol. The molecule has 4 nitrogen and oxygen atoms in total. The van der Waals surface area contributed by atoms with Gasteiger partial charge in [0.15, 0.2) is 0 Å². The van der Waals surface area contributed by atoms with E-state index in [1.807, 2.05) is 12.3 Å². The molecule has 1 aromatic rings. The van der Waals surface area contributed by atoms with Crippen LogP contribution < -0.4 is 5.73 Å². The standard InChI is InChI=1S/C13H20N4/c14-13-3-1-2-10-6-17(8-12(10)13)7-11-4-5-15-9-16-11/h4-5,9-10,12-13H,1-3,6-8,14H2. The van der Waals surface area contributed by atoms with E-state index in [2.05, 4.69) is 14.9 Å². The van der Waals surface area contributed by atoms with E-state index < -0.39 is 0 Å². The van der Waals surface area contributed by atoms with Gasteiger partial charge in [-0.1, -0.05) is 6.42 Å². The average molecular weight is 232 g/mol. The Labute approximate surface area is 102 Å². The van der Waals surface area contributed by atoms with Crippen LogP contribution in [0.1, 0.15) is 25.0 Å². The molecular formula is C13H20N4. The summed E-state index contributed by atoms with van der Waals surface area (Å²) in [5.74, 6) is 1.53. The molecule has 4 heteroatoms. The van der Waals surface area contributed by atoms with Gasteiger partial charge in [-0.3, -0.25) is 4.90 Å². The van der Waals surface area contributed by atoms with Crippen molar-refractivity contribution >= 4 is 0 Å². The quantitative estimate of drug-likeness (QED) is 0.827. The molecule has 2 N–H and O–H groups in total. The topological polar surface area (TPSA) is 55.0 Å². The maximum Gasteiger partial charge on any atom is 0.115 e. The number of fused-ring (bicyclic) bond motifs is 1. The number of hydrogen-bond acceptors (Lipinski definition) is 4. The molecule has 0 spiro atoms. The summed E-state index contributed by atoms with van der Waals surface area (Å²) in [6.07, 6.45) is 7.33. The molecule has 2 aliphatic rings. The fourth-order valence-corrected chi connectivity index (χ4v) is 3.38. The molecule has 3 atom stereocenters. The molecule has 17 heavy (non-hydrogen) atoms. The smallest absolute Gasteiger partial charge is 0.115 e. The van der Waals surface area contributed by atoms with E-state index in [0.717, 1.165) is 24.7 Å². The van der Waals surface area contributed by atoms with Crippen LogP contribution in [0.3, 0.4) is 0 Å². The van der Waals surface area contributed by atoms with Crippen LogP contribution in [0.5, 0.6) is 0 Å². The third kappa shape index (κ3) is 2.33. The van der Waals surface area contributed by atoms with Gasteiger partial charge >= 0.3 is 0 Å². The Hall–Kier alpha value is -1.00. The number of rotatable bonds is 2. The molecule has 0 aromatic carbocycles. The minimum atomic E-state index is 0.421. The van der Waals surface area contributed by atoms with Crippen molar-refractivity contribution in [2.24, 2.45) is 17.6 Å². The van der Waals surface area contributed by atoms with Crippen LogP contribution in [0.4, 0.5) is 0 Å². The third-order valence-corrected chi connectivity index (χ3v) is 4.26. The van der Waals surface area contributed by atoms with E-state index in [4.69, 9.17) is 5.73 Å². The molecule has 1 saturated heterocycles. The fraction of sp³-hybridized carbons (Fsp3) is 0.692. The summed E-state index contributed by atoms with van der Waals surface area (Å²) in [6.45, 7) is 3.29. The van der Waals surface area contributed by atoms with Gasteiger partial charge in [0.05, 0.1) is 5.69 Å². The molecular weight excluding hydrogens is 212 g/mol. The van der Waals surface area contributed by atoms with Gasteiger partial charge in [0.25, 0.3) is 0 Å². The van der Waals surface area contributed by atoms with Gasteiger partial charge in [-0.05, 0) is 30.7 Å². The van der Waals surface area contributed by atoms with E-state index in [0.29, 0.717) is 12.0 Å². The molecule has 0 radical (unpaired) electrons. The van der Waals surface area contributed by atoms with Crippen LogP contribution >= 0.6 is 0 Å². The van der Waals surface area contributed by atoms with Crippen LogP contribution in [-0.4, -0.2) is 34.0 Å². The van der Waals surface area contributed by atoms with Gasteiger partial charge in [0, 0.05) is 31.9 Å². The first-order valence-corrected chi connectivity index (χ1v) is 6.56. The molecule has 2 heterocycles. The van der Waals surface area contributed by atoms with Gasteiger partial charge in [-0.2, -0.15) is 0 Å². The van der Waals surface area contributed by atoms with Crippen LogP contribution in [0.2, 0.25) is 0 Å². The maximum absolute atomic E-state index is 6.22. The minimum Gasteiger partial charge on any atom is -0.327 e. The largest absolute Gasteiger partial charge is 0.327 e. The summed E-state index contributed by atoms with van der Waals surface area (Å²) in [4.78, 5) is 10.8. The maximum atomic E-state index is 6.22. The summed E-state index contributed by atoms with van der Waals surface area (Å²) in [5.41, 5.74) is 7.34. The zero-order valence-corrected chi connectivity index (χ0v) is 10.1. The van der Waals surface area contributed by atoms with Crippen LogP contribution in [0.25, 0.3) is 0 Å². The Bertz CT molecular complexity index is 367. The van der Waals surface area contributed by atoms with Crippen molar-refractivity contribution in [2.75, 3.05) is 13.1 Å². The second-order valence-electron chi connectivity index (χ2n) is 5.41. The molecule has 2 fully saturated rings. The van der Waals surface area contributed by atoms with Crippen LogP contribution in [0, 0.1) is 11.8 Å². The summed E-state index contributed by atoms with van der Waals surface area (Å²) in [6, 6.07) is 2.42. The predicted molar refractivity (Wildman–Crippen MR) is 66.1 cm³/mol. The fourth-order valence-electron chi connectivity index (χ4n) is 3.38. The van der Waals surface area contributed by atoms with Crippen molar-refractivity contribution in [1.29, 1.82) is 0 Å². The van der Waals surface area contributed by atoms with E-state index >= 15 is 0 Å². The van der Waals surface area contributed by atoms with Crippen molar-refractivity contribution in [2.45, 2.75) is 31.8 Å². The van der Waals surface area contributed by atoms with Crippen LogP contribution in [-0.2, 0) is 6.54 Å². The zero-order valence-electron chi connectivity index (χ0n) is 10.1. The van der Waals surface area contributed by atoms with Crippen molar-refractivity contribution in [1.82, 2.24) is 14.9 Å². The van der Waals surface area contributed by atoms with Crippen molar-refractivity contribution in [3.8, 4) is 0 Å². The number of nitrogens with two attached hydrogens (primary N) is 1. The number of nitrogens with zero attached hydrogens (tertiary/aromatic N) is 3. The molecule has 1 saturated carbocycles. The lowest BCUT2D eigenvalue weighted by Gasteiger charge is -2.29. The molecule has 1 aromatic heterocycles. The highest BCUT2D eigenvalue weighted by molar-refractivity contribution is 5.00. The molecule has 3 unspecified atom stereocenters. The Morgan fingerprint density at radius 3 is 3.06 bits per heavy atom. The normalized spacial score (nSPS) is 33.6. The molecule has 1 aliphatic carbocycles. The number of likely N-dealkylation sites (tertiary alicyclic amines) is 1. The van der Waals surface area contributed by atoms with Crippen molar-refractivity contribution in [3.05, 3.63) is 24.3 Å².